The normalized spacial score (nSPS) is 14.9. The van der Waals surface area contributed by atoms with E-state index in [0.29, 0.717) is 22.6 Å². The van der Waals surface area contributed by atoms with Crippen LogP contribution in [-0.2, 0) is 4.79 Å². The van der Waals surface area contributed by atoms with Crippen molar-refractivity contribution in [2.24, 2.45) is 5.73 Å². The molecule has 0 fully saturated rings. The first-order chi connectivity index (χ1) is 10.0. The summed E-state index contributed by atoms with van der Waals surface area (Å²) in [5, 5.41) is 2.66. The van der Waals surface area contributed by atoms with Crippen molar-refractivity contribution >= 4 is 11.6 Å². The number of halogens is 2. The van der Waals surface area contributed by atoms with Crippen LogP contribution in [0.4, 0.5) is 14.5 Å². The molecule has 1 amide bonds. The van der Waals surface area contributed by atoms with Gasteiger partial charge in [0.2, 0.25) is 0 Å². The maximum Gasteiger partial charge on any atom is 0.262 e. The number of benzene rings is 2. The summed E-state index contributed by atoms with van der Waals surface area (Å²) in [6, 6.07) is 7.45. The third kappa shape index (κ3) is 2.71. The highest BCUT2D eigenvalue weighted by molar-refractivity contribution is 5.95. The summed E-state index contributed by atoms with van der Waals surface area (Å²) < 4.78 is 31.8. The highest BCUT2D eigenvalue weighted by atomic mass is 19.1. The Kier molecular flexibility index (Phi) is 3.31. The molecule has 0 radical (unpaired) electrons. The third-order valence-electron chi connectivity index (χ3n) is 3.24. The van der Waals surface area contributed by atoms with Crippen molar-refractivity contribution in [3.05, 3.63) is 59.2 Å². The van der Waals surface area contributed by atoms with Crippen LogP contribution in [0.25, 0.3) is 0 Å². The van der Waals surface area contributed by atoms with Gasteiger partial charge in [0.1, 0.15) is 17.4 Å². The van der Waals surface area contributed by atoms with E-state index in [2.05, 4.69) is 5.32 Å². The van der Waals surface area contributed by atoms with Crippen LogP contribution in [0.1, 0.15) is 17.2 Å². The summed E-state index contributed by atoms with van der Waals surface area (Å²) in [6.07, 6.45) is 0. The molecule has 0 aliphatic carbocycles. The SMILES string of the molecule is NC(c1cc(F)cc(F)c1)c1ccc2c(c1)NC(=O)CO2. The molecule has 0 aromatic heterocycles. The molecule has 0 spiro atoms. The fourth-order valence-electron chi connectivity index (χ4n) is 2.24. The van der Waals surface area contributed by atoms with Gasteiger partial charge in [-0.1, -0.05) is 6.07 Å². The molecule has 3 N–H and O–H groups in total. The topological polar surface area (TPSA) is 64.3 Å². The molecule has 2 aromatic rings. The molecule has 3 rings (SSSR count). The van der Waals surface area contributed by atoms with Crippen molar-refractivity contribution in [2.75, 3.05) is 11.9 Å². The van der Waals surface area contributed by atoms with E-state index >= 15 is 0 Å². The lowest BCUT2D eigenvalue weighted by molar-refractivity contribution is -0.118. The number of ether oxygens (including phenoxy) is 1. The van der Waals surface area contributed by atoms with Gasteiger partial charge in [0, 0.05) is 6.07 Å². The number of carbonyl (C=O) groups is 1. The van der Waals surface area contributed by atoms with Crippen LogP contribution in [0, 0.1) is 11.6 Å². The Balaban J connectivity index is 1.96. The van der Waals surface area contributed by atoms with E-state index in [1.807, 2.05) is 0 Å². The maximum absolute atomic E-state index is 13.3. The second kappa shape index (κ2) is 5.14. The number of hydrogen-bond acceptors (Lipinski definition) is 3. The lowest BCUT2D eigenvalue weighted by atomic mass is 9.98. The van der Waals surface area contributed by atoms with Crippen molar-refractivity contribution in [3.63, 3.8) is 0 Å². The van der Waals surface area contributed by atoms with Gasteiger partial charge in [0.25, 0.3) is 5.91 Å². The molecule has 2 aromatic carbocycles. The molecule has 1 atom stereocenters. The molecular weight excluding hydrogens is 278 g/mol. The Bertz CT molecular complexity index is 699. The van der Waals surface area contributed by atoms with Gasteiger partial charge in [0.05, 0.1) is 11.7 Å². The van der Waals surface area contributed by atoms with E-state index in [0.717, 1.165) is 6.07 Å². The highest BCUT2D eigenvalue weighted by Gasteiger charge is 2.18. The minimum Gasteiger partial charge on any atom is -0.482 e. The number of nitrogens with one attached hydrogen (secondary N) is 1. The van der Waals surface area contributed by atoms with E-state index in [-0.39, 0.29) is 12.5 Å². The number of rotatable bonds is 2. The Morgan fingerprint density at radius 2 is 1.81 bits per heavy atom. The summed E-state index contributed by atoms with van der Waals surface area (Å²) in [4.78, 5) is 11.3. The molecular formula is C15H12F2N2O2. The zero-order chi connectivity index (χ0) is 15.0. The van der Waals surface area contributed by atoms with Crippen LogP contribution < -0.4 is 15.8 Å². The number of anilines is 1. The van der Waals surface area contributed by atoms with Crippen LogP contribution in [0.5, 0.6) is 5.75 Å². The molecule has 1 heterocycles. The zero-order valence-electron chi connectivity index (χ0n) is 10.9. The minimum atomic E-state index is -0.709. The van der Waals surface area contributed by atoms with E-state index < -0.39 is 17.7 Å². The van der Waals surface area contributed by atoms with Crippen LogP contribution in [0.3, 0.4) is 0 Å². The van der Waals surface area contributed by atoms with E-state index in [9.17, 15) is 13.6 Å². The predicted molar refractivity (Wildman–Crippen MR) is 73.0 cm³/mol. The van der Waals surface area contributed by atoms with Crippen LogP contribution in [0.2, 0.25) is 0 Å². The molecule has 21 heavy (non-hydrogen) atoms. The van der Waals surface area contributed by atoms with Crippen molar-refractivity contribution in [3.8, 4) is 5.75 Å². The maximum atomic E-state index is 13.3. The van der Waals surface area contributed by atoms with Gasteiger partial charge in [-0.3, -0.25) is 4.79 Å². The van der Waals surface area contributed by atoms with Crippen molar-refractivity contribution < 1.29 is 18.3 Å². The average molecular weight is 290 g/mol. The van der Waals surface area contributed by atoms with Crippen molar-refractivity contribution in [1.29, 1.82) is 0 Å². The summed E-state index contributed by atoms with van der Waals surface area (Å²) >= 11 is 0. The largest absolute Gasteiger partial charge is 0.482 e. The second-order valence-corrected chi connectivity index (χ2v) is 4.77. The molecule has 0 saturated carbocycles. The van der Waals surface area contributed by atoms with Gasteiger partial charge in [-0.05, 0) is 35.4 Å². The average Bonchev–Trinajstić information content (AvgIpc) is 2.44. The van der Waals surface area contributed by atoms with Crippen LogP contribution >= 0.6 is 0 Å². The molecule has 1 aliphatic rings. The van der Waals surface area contributed by atoms with Gasteiger partial charge in [-0.15, -0.1) is 0 Å². The van der Waals surface area contributed by atoms with Crippen molar-refractivity contribution in [2.45, 2.75) is 6.04 Å². The number of fused-ring (bicyclic) bond motifs is 1. The van der Waals surface area contributed by atoms with Gasteiger partial charge in [-0.2, -0.15) is 0 Å². The van der Waals surface area contributed by atoms with Crippen molar-refractivity contribution in [1.82, 2.24) is 0 Å². The van der Waals surface area contributed by atoms with Gasteiger partial charge >= 0.3 is 0 Å². The Labute approximate surface area is 119 Å². The van der Waals surface area contributed by atoms with Crippen LogP contribution in [-0.4, -0.2) is 12.5 Å². The summed E-state index contributed by atoms with van der Waals surface area (Å²) in [5.74, 6) is -1.09. The molecule has 108 valence electrons. The number of nitrogens with two attached hydrogens (primary N) is 1. The number of hydrogen-bond donors (Lipinski definition) is 2. The molecule has 0 bridgehead atoms. The molecule has 0 saturated heterocycles. The fraction of sp³-hybridized carbons (Fsp3) is 0.133. The van der Waals surface area contributed by atoms with Gasteiger partial charge in [-0.25, -0.2) is 8.78 Å². The van der Waals surface area contributed by atoms with E-state index in [4.69, 9.17) is 10.5 Å². The monoisotopic (exact) mass is 290 g/mol. The zero-order valence-corrected chi connectivity index (χ0v) is 10.9. The van der Waals surface area contributed by atoms with E-state index in [1.54, 1.807) is 18.2 Å². The van der Waals surface area contributed by atoms with Gasteiger partial charge in [0.15, 0.2) is 6.61 Å². The Morgan fingerprint density at radius 1 is 1.10 bits per heavy atom. The molecule has 1 aliphatic heterocycles. The first-order valence-corrected chi connectivity index (χ1v) is 6.31. The summed E-state index contributed by atoms with van der Waals surface area (Å²) in [7, 11) is 0. The fourth-order valence-corrected chi connectivity index (χ4v) is 2.24. The lowest BCUT2D eigenvalue weighted by Gasteiger charge is -2.20. The quantitative estimate of drug-likeness (QED) is 0.892. The molecule has 4 nitrogen and oxygen atoms in total. The van der Waals surface area contributed by atoms with Crippen LogP contribution in [0.15, 0.2) is 36.4 Å². The summed E-state index contributed by atoms with van der Waals surface area (Å²) in [5.41, 5.74) is 7.46. The first-order valence-electron chi connectivity index (χ1n) is 6.31. The third-order valence-corrected chi connectivity index (χ3v) is 3.24. The standard InChI is InChI=1S/C15H12F2N2O2/c16-10-3-9(4-11(17)6-10)15(18)8-1-2-13-12(5-8)19-14(20)7-21-13/h1-6,15H,7,18H2,(H,19,20). The molecule has 1 unspecified atom stereocenters. The second-order valence-electron chi connectivity index (χ2n) is 4.77. The van der Waals surface area contributed by atoms with Gasteiger partial charge < -0.3 is 15.8 Å². The highest BCUT2D eigenvalue weighted by Crippen LogP contribution is 2.32. The Morgan fingerprint density at radius 3 is 2.52 bits per heavy atom. The lowest BCUT2D eigenvalue weighted by Crippen LogP contribution is -2.25. The smallest absolute Gasteiger partial charge is 0.262 e. The van der Waals surface area contributed by atoms with E-state index in [1.165, 1.54) is 12.1 Å². The molecule has 6 heteroatoms. The predicted octanol–water partition coefficient (Wildman–Crippen LogP) is 2.34. The minimum absolute atomic E-state index is 0.0342. The summed E-state index contributed by atoms with van der Waals surface area (Å²) in [6.45, 7) is -0.0342. The first kappa shape index (κ1) is 13.5. The number of carbonyl (C=O) groups excluding carboxylic acids is 1. The number of amides is 1. The Hall–Kier alpha value is -2.47.